The smallest absolute Gasteiger partial charge is 0.204 e. The zero-order chi connectivity index (χ0) is 14.7. The highest BCUT2D eigenvalue weighted by Gasteiger charge is 2.21. The number of fused-ring (bicyclic) bond motifs is 1. The van der Waals surface area contributed by atoms with Gasteiger partial charge in [-0.3, -0.25) is 0 Å². The fourth-order valence-corrected chi connectivity index (χ4v) is 2.26. The molecule has 5 nitrogen and oxygen atoms in total. The van der Waals surface area contributed by atoms with Crippen molar-refractivity contribution in [1.82, 2.24) is 0 Å². The zero-order valence-electron chi connectivity index (χ0n) is 12.2. The van der Waals surface area contributed by atoms with E-state index in [0.29, 0.717) is 35.0 Å². The minimum atomic E-state index is -0.617. The third kappa shape index (κ3) is 2.41. The maximum atomic E-state index is 10.0. The largest absolute Gasteiger partial charge is 0.493 e. The lowest BCUT2D eigenvalue weighted by Gasteiger charge is -2.12. The summed E-state index contributed by atoms with van der Waals surface area (Å²) in [4.78, 5) is 0. The van der Waals surface area contributed by atoms with Crippen molar-refractivity contribution in [2.75, 3.05) is 21.3 Å². The Bertz CT molecular complexity index is 587. The Kier molecular flexibility index (Phi) is 4.39. The van der Waals surface area contributed by atoms with Crippen molar-refractivity contribution < 1.29 is 23.7 Å². The molecule has 0 spiro atoms. The Morgan fingerprint density at radius 1 is 1.10 bits per heavy atom. The zero-order valence-corrected chi connectivity index (χ0v) is 12.2. The molecule has 20 heavy (non-hydrogen) atoms. The highest BCUT2D eigenvalue weighted by atomic mass is 16.5. The fourth-order valence-electron chi connectivity index (χ4n) is 2.26. The molecule has 0 bridgehead atoms. The molecule has 0 amide bonds. The number of benzene rings is 1. The summed E-state index contributed by atoms with van der Waals surface area (Å²) in [5.74, 6) is 2.11. The predicted octanol–water partition coefficient (Wildman–Crippen LogP) is 3.29. The number of methoxy groups -OCH3 is 3. The Labute approximate surface area is 118 Å². The van der Waals surface area contributed by atoms with E-state index in [1.807, 2.05) is 6.92 Å². The molecule has 0 aliphatic heterocycles. The fraction of sp³-hybridized carbons (Fsp3) is 0.467. The Morgan fingerprint density at radius 2 is 1.80 bits per heavy atom. The van der Waals surface area contributed by atoms with Crippen LogP contribution in [0.15, 0.2) is 16.5 Å². The summed E-state index contributed by atoms with van der Waals surface area (Å²) >= 11 is 0. The SMILES string of the molecule is CCCC(O)c1cc2c(OC)c(OC)c(OC)cc2o1. The molecule has 0 fully saturated rings. The van der Waals surface area contributed by atoms with Gasteiger partial charge in [0.05, 0.1) is 26.7 Å². The van der Waals surface area contributed by atoms with Gasteiger partial charge in [0.1, 0.15) is 17.4 Å². The predicted molar refractivity (Wildman–Crippen MR) is 75.7 cm³/mol. The van der Waals surface area contributed by atoms with Crippen molar-refractivity contribution in [3.8, 4) is 17.2 Å². The topological polar surface area (TPSA) is 61.1 Å². The lowest BCUT2D eigenvalue weighted by molar-refractivity contribution is 0.141. The van der Waals surface area contributed by atoms with Gasteiger partial charge < -0.3 is 23.7 Å². The van der Waals surface area contributed by atoms with Crippen LogP contribution in [0.25, 0.3) is 11.0 Å². The van der Waals surface area contributed by atoms with Gasteiger partial charge in [0.15, 0.2) is 11.5 Å². The second-order valence-electron chi connectivity index (χ2n) is 4.51. The molecule has 0 saturated heterocycles. The van der Waals surface area contributed by atoms with E-state index in [1.165, 1.54) is 0 Å². The number of aliphatic hydroxyl groups excluding tert-OH is 1. The molecular formula is C15H20O5. The second kappa shape index (κ2) is 6.05. The molecule has 1 aromatic carbocycles. The van der Waals surface area contributed by atoms with Crippen molar-refractivity contribution in [2.45, 2.75) is 25.9 Å². The van der Waals surface area contributed by atoms with Gasteiger partial charge in [-0.05, 0) is 12.5 Å². The molecule has 0 saturated carbocycles. The third-order valence-corrected chi connectivity index (χ3v) is 3.24. The Hall–Kier alpha value is -1.88. The number of aliphatic hydroxyl groups is 1. The Morgan fingerprint density at radius 3 is 2.35 bits per heavy atom. The van der Waals surface area contributed by atoms with Crippen molar-refractivity contribution in [3.05, 3.63) is 17.9 Å². The minimum absolute atomic E-state index is 0.514. The van der Waals surface area contributed by atoms with E-state index >= 15 is 0 Å². The molecule has 1 aromatic heterocycles. The van der Waals surface area contributed by atoms with Crippen LogP contribution in [-0.4, -0.2) is 26.4 Å². The monoisotopic (exact) mass is 280 g/mol. The quantitative estimate of drug-likeness (QED) is 0.879. The molecule has 2 aromatic rings. The van der Waals surface area contributed by atoms with E-state index < -0.39 is 6.10 Å². The first-order chi connectivity index (χ1) is 9.65. The van der Waals surface area contributed by atoms with Crippen molar-refractivity contribution >= 4 is 11.0 Å². The van der Waals surface area contributed by atoms with Crippen molar-refractivity contribution in [3.63, 3.8) is 0 Å². The van der Waals surface area contributed by atoms with Crippen LogP contribution in [0, 0.1) is 0 Å². The molecule has 5 heteroatoms. The van der Waals surface area contributed by atoms with Crippen LogP contribution in [-0.2, 0) is 0 Å². The third-order valence-electron chi connectivity index (χ3n) is 3.24. The highest BCUT2D eigenvalue weighted by Crippen LogP contribution is 2.45. The molecule has 1 unspecified atom stereocenters. The number of furan rings is 1. The van der Waals surface area contributed by atoms with Gasteiger partial charge in [-0.25, -0.2) is 0 Å². The van der Waals surface area contributed by atoms with Gasteiger partial charge >= 0.3 is 0 Å². The van der Waals surface area contributed by atoms with Crippen LogP contribution >= 0.6 is 0 Å². The summed E-state index contributed by atoms with van der Waals surface area (Å²) in [7, 11) is 4.67. The summed E-state index contributed by atoms with van der Waals surface area (Å²) in [5, 5.41) is 10.8. The molecule has 0 radical (unpaired) electrons. The maximum absolute atomic E-state index is 10.0. The molecule has 1 heterocycles. The molecular weight excluding hydrogens is 260 g/mol. The first-order valence-corrected chi connectivity index (χ1v) is 6.56. The summed E-state index contributed by atoms with van der Waals surface area (Å²) in [6.45, 7) is 2.01. The van der Waals surface area contributed by atoms with E-state index in [9.17, 15) is 5.11 Å². The van der Waals surface area contributed by atoms with Crippen LogP contribution in [0.2, 0.25) is 0 Å². The van der Waals surface area contributed by atoms with Crippen molar-refractivity contribution in [2.24, 2.45) is 0 Å². The number of hydrogen-bond donors (Lipinski definition) is 1. The average molecular weight is 280 g/mol. The summed E-state index contributed by atoms with van der Waals surface area (Å²) < 4.78 is 21.7. The lowest BCUT2D eigenvalue weighted by atomic mass is 10.1. The van der Waals surface area contributed by atoms with Crippen LogP contribution in [0.4, 0.5) is 0 Å². The lowest BCUT2D eigenvalue weighted by Crippen LogP contribution is -1.95. The highest BCUT2D eigenvalue weighted by molar-refractivity contribution is 5.90. The maximum Gasteiger partial charge on any atom is 0.204 e. The number of ether oxygens (including phenoxy) is 3. The summed E-state index contributed by atoms with van der Waals surface area (Å²) in [6.07, 6.45) is 0.910. The molecule has 2 rings (SSSR count). The number of rotatable bonds is 6. The van der Waals surface area contributed by atoms with E-state index in [4.69, 9.17) is 18.6 Å². The second-order valence-corrected chi connectivity index (χ2v) is 4.51. The van der Waals surface area contributed by atoms with Crippen LogP contribution < -0.4 is 14.2 Å². The molecule has 0 aliphatic carbocycles. The van der Waals surface area contributed by atoms with Gasteiger partial charge in [-0.1, -0.05) is 13.3 Å². The summed E-state index contributed by atoms with van der Waals surface area (Å²) in [6, 6.07) is 3.52. The first kappa shape index (κ1) is 14.5. The van der Waals surface area contributed by atoms with Gasteiger partial charge in [0, 0.05) is 6.07 Å². The molecule has 0 aliphatic rings. The van der Waals surface area contributed by atoms with Gasteiger partial charge in [0.2, 0.25) is 5.75 Å². The Balaban J connectivity index is 2.61. The molecule has 1 atom stereocenters. The molecule has 1 N–H and O–H groups in total. The normalized spacial score (nSPS) is 12.4. The van der Waals surface area contributed by atoms with E-state index in [-0.39, 0.29) is 0 Å². The first-order valence-electron chi connectivity index (χ1n) is 6.56. The number of hydrogen-bond acceptors (Lipinski definition) is 5. The van der Waals surface area contributed by atoms with Crippen LogP contribution in [0.3, 0.4) is 0 Å². The van der Waals surface area contributed by atoms with E-state index in [0.717, 1.165) is 11.8 Å². The minimum Gasteiger partial charge on any atom is -0.493 e. The summed E-state index contributed by atoms with van der Waals surface area (Å²) in [5.41, 5.74) is 0.602. The van der Waals surface area contributed by atoms with Gasteiger partial charge in [0.25, 0.3) is 0 Å². The van der Waals surface area contributed by atoms with Crippen LogP contribution in [0.1, 0.15) is 31.6 Å². The van der Waals surface area contributed by atoms with Crippen molar-refractivity contribution in [1.29, 1.82) is 0 Å². The van der Waals surface area contributed by atoms with E-state index in [1.54, 1.807) is 33.5 Å². The van der Waals surface area contributed by atoms with E-state index in [2.05, 4.69) is 0 Å². The standard InChI is InChI=1S/C15H20O5/c1-5-6-10(16)12-7-9-11(20-12)8-13(17-2)15(19-4)14(9)18-3/h7-8,10,16H,5-6H2,1-4H3. The van der Waals surface area contributed by atoms with Gasteiger partial charge in [-0.15, -0.1) is 0 Å². The molecule has 110 valence electrons. The average Bonchev–Trinajstić information content (AvgIpc) is 2.88. The van der Waals surface area contributed by atoms with Gasteiger partial charge in [-0.2, -0.15) is 0 Å². The van der Waals surface area contributed by atoms with Crippen LogP contribution in [0.5, 0.6) is 17.2 Å².